The van der Waals surface area contributed by atoms with Crippen LogP contribution in [0.2, 0.25) is 0 Å². The van der Waals surface area contributed by atoms with Crippen molar-refractivity contribution in [2.24, 2.45) is 0 Å². The molecule has 5 heteroatoms. The molecule has 15 heavy (non-hydrogen) atoms. The Labute approximate surface area is 86.6 Å². The predicted octanol–water partition coefficient (Wildman–Crippen LogP) is -0.877. The first-order valence-corrected chi connectivity index (χ1v) is 4.52. The number of pyridine rings is 1. The first-order valence-electron chi connectivity index (χ1n) is 4.52. The van der Waals surface area contributed by atoms with Gasteiger partial charge < -0.3 is 9.84 Å². The van der Waals surface area contributed by atoms with Crippen molar-refractivity contribution in [1.82, 2.24) is 0 Å². The number of nitrogens with zero attached hydrogens (tertiary/aromatic N) is 1. The normalized spacial score (nSPS) is 14.2. The van der Waals surface area contributed by atoms with Gasteiger partial charge in [0.1, 0.15) is 12.3 Å². The third kappa shape index (κ3) is 1.76. The molecule has 0 fully saturated rings. The topological polar surface area (TPSA) is 65.3 Å². The molecule has 0 aliphatic carbocycles. The van der Waals surface area contributed by atoms with Gasteiger partial charge in [0, 0.05) is 24.8 Å². The Morgan fingerprint density at radius 3 is 3.13 bits per heavy atom. The van der Waals surface area contributed by atoms with Crippen molar-refractivity contribution in [2.45, 2.75) is 6.92 Å². The van der Waals surface area contributed by atoms with E-state index in [2.05, 4.69) is 5.43 Å². The van der Waals surface area contributed by atoms with E-state index in [1.54, 1.807) is 29.1 Å². The van der Waals surface area contributed by atoms with Gasteiger partial charge in [0.05, 0.1) is 0 Å². The summed E-state index contributed by atoms with van der Waals surface area (Å²) in [5.41, 5.74) is 3.39. The quantitative estimate of drug-likeness (QED) is 0.479. The third-order valence-corrected chi connectivity index (χ3v) is 2.02. The monoisotopic (exact) mass is 206 g/mol. The standard InChI is InChI=1S/C10H10N2O3/c1-7(13)15-9-6-11-12-5-3-2-4-8(12)10(9)14/h2-5,11H,6H2,1H3. The van der Waals surface area contributed by atoms with Gasteiger partial charge in [-0.05, 0) is 6.07 Å². The summed E-state index contributed by atoms with van der Waals surface area (Å²) < 4.78 is 6.42. The maximum Gasteiger partial charge on any atom is 0.307 e. The van der Waals surface area contributed by atoms with E-state index < -0.39 is 5.97 Å². The summed E-state index contributed by atoms with van der Waals surface area (Å²) in [5, 5.41) is 11.8. The molecule has 0 spiro atoms. The molecule has 0 atom stereocenters. The van der Waals surface area contributed by atoms with Gasteiger partial charge in [-0.25, -0.2) is 0 Å². The van der Waals surface area contributed by atoms with Gasteiger partial charge in [0.25, 0.3) is 0 Å². The van der Waals surface area contributed by atoms with Crippen LogP contribution in [0.15, 0.2) is 30.2 Å². The third-order valence-electron chi connectivity index (χ3n) is 2.02. The molecule has 5 nitrogen and oxygen atoms in total. The van der Waals surface area contributed by atoms with E-state index in [0.717, 1.165) is 0 Å². The maximum absolute atomic E-state index is 11.8. The van der Waals surface area contributed by atoms with E-state index >= 15 is 0 Å². The predicted molar refractivity (Wildman–Crippen MR) is 49.6 cm³/mol. The highest BCUT2D eigenvalue weighted by molar-refractivity contribution is 5.69. The van der Waals surface area contributed by atoms with E-state index in [1.165, 1.54) is 6.92 Å². The van der Waals surface area contributed by atoms with E-state index in [4.69, 9.17) is 4.74 Å². The minimum Gasteiger partial charge on any atom is -0.866 e. The number of aromatic nitrogens is 1. The molecule has 0 saturated carbocycles. The Morgan fingerprint density at radius 1 is 1.60 bits per heavy atom. The van der Waals surface area contributed by atoms with Crippen molar-refractivity contribution >= 4 is 11.7 Å². The van der Waals surface area contributed by atoms with Gasteiger partial charge in [0.2, 0.25) is 5.69 Å². The molecular weight excluding hydrogens is 196 g/mol. The fourth-order valence-corrected chi connectivity index (χ4v) is 1.40. The zero-order valence-corrected chi connectivity index (χ0v) is 8.19. The van der Waals surface area contributed by atoms with Crippen LogP contribution in [0.4, 0.5) is 0 Å². The molecule has 1 N–H and O–H groups in total. The van der Waals surface area contributed by atoms with Gasteiger partial charge in [0.15, 0.2) is 6.20 Å². The van der Waals surface area contributed by atoms with Crippen molar-refractivity contribution in [2.75, 3.05) is 12.0 Å². The first kappa shape index (κ1) is 9.51. The smallest absolute Gasteiger partial charge is 0.307 e. The average molecular weight is 206 g/mol. The highest BCUT2D eigenvalue weighted by atomic mass is 16.5. The Balaban J connectivity index is 2.40. The first-order chi connectivity index (χ1) is 7.18. The second kappa shape index (κ2) is 3.61. The number of ether oxygens (including phenoxy) is 1. The zero-order chi connectivity index (χ0) is 10.8. The SMILES string of the molecule is CC(=O)OC1=C([O-])c2cccc[n+]2NC1. The summed E-state index contributed by atoms with van der Waals surface area (Å²) in [7, 11) is 0. The number of hydrogen-bond acceptors (Lipinski definition) is 4. The lowest BCUT2D eigenvalue weighted by Crippen LogP contribution is -2.53. The molecule has 1 aromatic rings. The van der Waals surface area contributed by atoms with E-state index in [9.17, 15) is 9.90 Å². The fourth-order valence-electron chi connectivity index (χ4n) is 1.40. The van der Waals surface area contributed by atoms with Crippen LogP contribution in [-0.4, -0.2) is 12.5 Å². The summed E-state index contributed by atoms with van der Waals surface area (Å²) >= 11 is 0. The summed E-state index contributed by atoms with van der Waals surface area (Å²) in [5.74, 6) is -0.609. The number of carbonyl (C=O) groups is 1. The van der Waals surface area contributed by atoms with Crippen molar-refractivity contribution in [3.05, 3.63) is 35.8 Å². The van der Waals surface area contributed by atoms with Gasteiger partial charge in [-0.3, -0.25) is 4.79 Å². The molecule has 0 saturated heterocycles. The minimum absolute atomic E-state index is 0.133. The Morgan fingerprint density at radius 2 is 2.40 bits per heavy atom. The maximum atomic E-state index is 11.8. The summed E-state index contributed by atoms with van der Waals surface area (Å²) in [6.45, 7) is 1.49. The molecule has 1 aliphatic rings. The van der Waals surface area contributed by atoms with Crippen molar-refractivity contribution in [3.8, 4) is 0 Å². The molecule has 2 heterocycles. The second-order valence-electron chi connectivity index (χ2n) is 3.14. The summed E-state index contributed by atoms with van der Waals surface area (Å²) in [4.78, 5) is 10.7. The van der Waals surface area contributed by atoms with E-state index in [0.29, 0.717) is 5.69 Å². The lowest BCUT2D eigenvalue weighted by Gasteiger charge is -2.20. The van der Waals surface area contributed by atoms with Crippen LogP contribution in [0.3, 0.4) is 0 Å². The highest BCUT2D eigenvalue weighted by Gasteiger charge is 2.20. The Kier molecular flexibility index (Phi) is 2.29. The number of hydrogen-bond donors (Lipinski definition) is 1. The number of nitrogens with one attached hydrogen (secondary N) is 1. The summed E-state index contributed by atoms with van der Waals surface area (Å²) in [6.07, 6.45) is 1.73. The highest BCUT2D eigenvalue weighted by Crippen LogP contribution is 2.13. The summed E-state index contributed by atoms with van der Waals surface area (Å²) in [6, 6.07) is 5.22. The van der Waals surface area contributed by atoms with Gasteiger partial charge in [-0.1, -0.05) is 4.68 Å². The van der Waals surface area contributed by atoms with Crippen molar-refractivity contribution in [1.29, 1.82) is 0 Å². The minimum atomic E-state index is -0.482. The molecule has 1 aromatic heterocycles. The lowest BCUT2D eigenvalue weighted by atomic mass is 10.2. The van der Waals surface area contributed by atoms with Crippen LogP contribution in [0.1, 0.15) is 12.6 Å². The number of rotatable bonds is 1. The van der Waals surface area contributed by atoms with Gasteiger partial charge in [-0.2, -0.15) is 5.43 Å². The number of carbonyl (C=O) groups excluding carboxylic acids is 1. The van der Waals surface area contributed by atoms with Crippen LogP contribution in [0.25, 0.3) is 5.76 Å². The second-order valence-corrected chi connectivity index (χ2v) is 3.14. The molecule has 0 radical (unpaired) electrons. The van der Waals surface area contributed by atoms with E-state index in [1.807, 2.05) is 0 Å². The molecule has 2 rings (SSSR count). The van der Waals surface area contributed by atoms with Crippen LogP contribution < -0.4 is 15.2 Å². The molecule has 1 aliphatic heterocycles. The average Bonchev–Trinajstić information content (AvgIpc) is 2.22. The molecule has 0 amide bonds. The van der Waals surface area contributed by atoms with Crippen molar-refractivity contribution < 1.29 is 19.3 Å². The number of fused-ring (bicyclic) bond motifs is 1. The van der Waals surface area contributed by atoms with Crippen molar-refractivity contribution in [3.63, 3.8) is 0 Å². The number of esters is 1. The molecule has 78 valence electrons. The van der Waals surface area contributed by atoms with Gasteiger partial charge in [-0.15, -0.1) is 0 Å². The van der Waals surface area contributed by atoms with Crippen LogP contribution in [0.5, 0.6) is 0 Å². The van der Waals surface area contributed by atoms with Crippen LogP contribution in [-0.2, 0) is 9.53 Å². The van der Waals surface area contributed by atoms with Crippen LogP contribution in [0, 0.1) is 0 Å². The largest absolute Gasteiger partial charge is 0.866 e. The van der Waals surface area contributed by atoms with Gasteiger partial charge >= 0.3 is 5.97 Å². The van der Waals surface area contributed by atoms with E-state index in [-0.39, 0.29) is 18.1 Å². The molecule has 0 bridgehead atoms. The fraction of sp³-hybridized carbons (Fsp3) is 0.200. The molecule has 0 aromatic carbocycles. The molecule has 0 unspecified atom stereocenters. The Hall–Kier alpha value is -2.04. The molecular formula is C10H10N2O3. The lowest BCUT2D eigenvalue weighted by molar-refractivity contribution is -0.657. The zero-order valence-electron chi connectivity index (χ0n) is 8.19. The van der Waals surface area contributed by atoms with Crippen LogP contribution >= 0.6 is 0 Å². The Bertz CT molecular complexity index is 440.